The van der Waals surface area contributed by atoms with Crippen LogP contribution in [0.15, 0.2) is 12.7 Å². The van der Waals surface area contributed by atoms with Gasteiger partial charge in [0.05, 0.1) is 6.61 Å². The van der Waals surface area contributed by atoms with E-state index < -0.39 is 7.82 Å². The summed E-state index contributed by atoms with van der Waals surface area (Å²) in [4.78, 5) is 16.0. The highest BCUT2D eigenvalue weighted by Gasteiger charge is 2.10. The zero-order valence-electron chi connectivity index (χ0n) is 7.27. The van der Waals surface area contributed by atoms with Gasteiger partial charge in [0.2, 0.25) is 0 Å². The normalized spacial score (nSPS) is 16.2. The summed E-state index contributed by atoms with van der Waals surface area (Å²) in [6, 6.07) is 0. The van der Waals surface area contributed by atoms with Crippen LogP contribution in [0.2, 0.25) is 0 Å². The molecule has 0 saturated carbocycles. The summed E-state index contributed by atoms with van der Waals surface area (Å²) in [7, 11) is -4.25. The summed E-state index contributed by atoms with van der Waals surface area (Å²) >= 11 is 0. The molecule has 78 valence electrons. The Hall–Kier alpha value is -0.230. The van der Waals surface area contributed by atoms with Crippen molar-refractivity contribution in [2.45, 2.75) is 0 Å². The van der Waals surface area contributed by atoms with E-state index in [1.54, 1.807) is 0 Å². The molecule has 1 aliphatic heterocycles. The van der Waals surface area contributed by atoms with Crippen LogP contribution >= 0.6 is 7.82 Å². The number of rotatable bonds is 3. The molecule has 1 fully saturated rings. The highest BCUT2D eigenvalue weighted by Crippen LogP contribution is 2.35. The van der Waals surface area contributed by atoms with Crippen LogP contribution in [0.1, 0.15) is 0 Å². The summed E-state index contributed by atoms with van der Waals surface area (Å²) < 4.78 is 13.7. The predicted octanol–water partition coefficient (Wildman–Crippen LogP) is -0.582. The highest BCUT2D eigenvalue weighted by molar-refractivity contribution is 7.46. The van der Waals surface area contributed by atoms with Crippen LogP contribution in [0.25, 0.3) is 0 Å². The van der Waals surface area contributed by atoms with Gasteiger partial charge >= 0.3 is 7.82 Å². The van der Waals surface area contributed by atoms with Gasteiger partial charge in [0, 0.05) is 19.8 Å². The van der Waals surface area contributed by atoms with E-state index in [0.29, 0.717) is 0 Å². The predicted molar refractivity (Wildman–Crippen MR) is 49.1 cm³/mol. The van der Waals surface area contributed by atoms with E-state index >= 15 is 0 Å². The van der Waals surface area contributed by atoms with Crippen LogP contribution in [-0.4, -0.2) is 36.2 Å². The lowest BCUT2D eigenvalue weighted by Crippen LogP contribution is -2.11. The van der Waals surface area contributed by atoms with Crippen molar-refractivity contribution in [2.75, 3.05) is 26.4 Å². The maximum atomic E-state index is 9.81. The third kappa shape index (κ3) is 11.8. The molecule has 0 radical (unpaired) electrons. The second kappa shape index (κ2) is 7.20. The van der Waals surface area contributed by atoms with Gasteiger partial charge in [-0.3, -0.25) is 4.52 Å². The van der Waals surface area contributed by atoms with Crippen molar-refractivity contribution in [2.24, 2.45) is 0 Å². The van der Waals surface area contributed by atoms with Crippen LogP contribution in [0.4, 0.5) is 0 Å². The molecule has 0 spiro atoms. The fourth-order valence-corrected chi connectivity index (χ4v) is 0.891. The lowest BCUT2D eigenvalue weighted by molar-refractivity contribution is 0.216. The minimum atomic E-state index is -4.25. The number of phosphoric acid groups is 1. The van der Waals surface area contributed by atoms with E-state index in [0.717, 1.165) is 19.8 Å². The first-order chi connectivity index (χ1) is 6.06. The van der Waals surface area contributed by atoms with Crippen molar-refractivity contribution in [1.29, 1.82) is 0 Å². The minimum Gasteiger partial charge on any atom is -0.303 e. The Kier molecular flexibility index (Phi) is 7.07. The second-order valence-corrected chi connectivity index (χ2v) is 3.49. The Morgan fingerprint density at radius 2 is 2.00 bits per heavy atom. The lowest BCUT2D eigenvalue weighted by Gasteiger charge is -1.98. The molecule has 6 nitrogen and oxygen atoms in total. The van der Waals surface area contributed by atoms with E-state index in [4.69, 9.17) is 9.79 Å². The summed E-state index contributed by atoms with van der Waals surface area (Å²) in [6.45, 7) is 6.35. The largest absolute Gasteiger partial charge is 0.469 e. The summed E-state index contributed by atoms with van der Waals surface area (Å²) in [5.74, 6) is 0. The van der Waals surface area contributed by atoms with Gasteiger partial charge in [-0.05, 0) is 0 Å². The van der Waals surface area contributed by atoms with Crippen LogP contribution in [-0.2, 0) is 9.09 Å². The molecule has 0 unspecified atom stereocenters. The van der Waals surface area contributed by atoms with Crippen LogP contribution in [0.5, 0.6) is 0 Å². The quantitative estimate of drug-likeness (QED) is 0.368. The van der Waals surface area contributed by atoms with Gasteiger partial charge in [-0.15, -0.1) is 6.58 Å². The number of hydrogen-bond acceptors (Lipinski definition) is 4. The van der Waals surface area contributed by atoms with Crippen LogP contribution in [0.3, 0.4) is 0 Å². The fraction of sp³-hybridized carbons (Fsp3) is 0.667. The van der Waals surface area contributed by atoms with Crippen molar-refractivity contribution < 1.29 is 18.9 Å². The molecule has 0 aromatic rings. The van der Waals surface area contributed by atoms with Gasteiger partial charge in [0.15, 0.2) is 0 Å². The number of phosphoric ester groups is 1. The smallest absolute Gasteiger partial charge is 0.303 e. The standard InChI is InChI=1S/C3H8N2.C3H7O4P/c1-2-5-3-4-1;1-2-3-7-8(4,5)6/h4-5H,1-3H2;2H,1,3H2,(H2,4,5,6). The van der Waals surface area contributed by atoms with Crippen molar-refractivity contribution >= 4 is 7.82 Å². The lowest BCUT2D eigenvalue weighted by atomic mass is 10.7. The van der Waals surface area contributed by atoms with Crippen molar-refractivity contribution in [1.82, 2.24) is 10.6 Å². The number of hydrogen-bond donors (Lipinski definition) is 4. The molecule has 4 N–H and O–H groups in total. The maximum absolute atomic E-state index is 9.81. The summed E-state index contributed by atoms with van der Waals surface area (Å²) in [5.41, 5.74) is 0. The SMILES string of the molecule is C1CNCN1.C=CCOP(=O)(O)O. The topological polar surface area (TPSA) is 90.8 Å². The average Bonchev–Trinajstić information content (AvgIpc) is 2.56. The van der Waals surface area contributed by atoms with Crippen LogP contribution < -0.4 is 10.6 Å². The highest BCUT2D eigenvalue weighted by atomic mass is 31.2. The first-order valence-corrected chi connectivity index (χ1v) is 5.31. The van der Waals surface area contributed by atoms with Crippen molar-refractivity contribution in [3.63, 3.8) is 0 Å². The molecule has 0 aromatic carbocycles. The summed E-state index contributed by atoms with van der Waals surface area (Å²) in [6.07, 6.45) is 1.26. The van der Waals surface area contributed by atoms with E-state index in [2.05, 4.69) is 21.7 Å². The Bertz CT molecular complexity index is 170. The molecule has 13 heavy (non-hydrogen) atoms. The van der Waals surface area contributed by atoms with E-state index in [1.807, 2.05) is 0 Å². The Balaban J connectivity index is 0.000000243. The first-order valence-electron chi connectivity index (χ1n) is 3.78. The molecule has 0 amide bonds. The monoisotopic (exact) mass is 210 g/mol. The Morgan fingerprint density at radius 3 is 2.15 bits per heavy atom. The molecule has 1 aliphatic rings. The molecule has 0 bridgehead atoms. The zero-order chi connectivity index (χ0) is 10.2. The molecular weight excluding hydrogens is 195 g/mol. The maximum Gasteiger partial charge on any atom is 0.469 e. The molecule has 1 rings (SSSR count). The number of nitrogens with one attached hydrogen (secondary N) is 2. The molecular formula is C6H15N2O4P. The van der Waals surface area contributed by atoms with Gasteiger partial charge in [-0.1, -0.05) is 6.08 Å². The third-order valence-electron chi connectivity index (χ3n) is 1.09. The zero-order valence-corrected chi connectivity index (χ0v) is 8.17. The molecule has 1 saturated heterocycles. The van der Waals surface area contributed by atoms with Gasteiger partial charge < -0.3 is 20.4 Å². The van der Waals surface area contributed by atoms with Crippen molar-refractivity contribution in [3.8, 4) is 0 Å². The van der Waals surface area contributed by atoms with Gasteiger partial charge in [-0.2, -0.15) is 0 Å². The minimum absolute atomic E-state index is 0.121. The molecule has 0 atom stereocenters. The molecule has 7 heteroatoms. The first kappa shape index (κ1) is 12.8. The van der Waals surface area contributed by atoms with E-state index in [-0.39, 0.29) is 6.61 Å². The van der Waals surface area contributed by atoms with Crippen LogP contribution in [0, 0.1) is 0 Å². The van der Waals surface area contributed by atoms with E-state index in [1.165, 1.54) is 6.08 Å². The second-order valence-electron chi connectivity index (χ2n) is 2.25. The van der Waals surface area contributed by atoms with E-state index in [9.17, 15) is 4.57 Å². The Morgan fingerprint density at radius 1 is 1.46 bits per heavy atom. The third-order valence-corrected chi connectivity index (χ3v) is 1.57. The molecule has 1 heterocycles. The average molecular weight is 210 g/mol. The molecule has 0 aromatic heterocycles. The molecule has 0 aliphatic carbocycles. The fourth-order valence-electron chi connectivity index (χ4n) is 0.592. The van der Waals surface area contributed by atoms with Crippen molar-refractivity contribution in [3.05, 3.63) is 12.7 Å². The van der Waals surface area contributed by atoms with Gasteiger partial charge in [-0.25, -0.2) is 4.57 Å². The van der Waals surface area contributed by atoms with Gasteiger partial charge in [0.1, 0.15) is 0 Å². The summed E-state index contributed by atoms with van der Waals surface area (Å²) in [5, 5.41) is 6.22. The Labute approximate surface area is 77.2 Å². The van der Waals surface area contributed by atoms with Gasteiger partial charge in [0.25, 0.3) is 0 Å².